The fourth-order valence-electron chi connectivity index (χ4n) is 4.85. The Bertz CT molecular complexity index is 1050. The van der Waals surface area contributed by atoms with Crippen molar-refractivity contribution in [3.05, 3.63) is 122 Å². The van der Waals surface area contributed by atoms with Crippen LogP contribution in [0.2, 0.25) is 0 Å². The average molecular weight is 703 g/mol. The van der Waals surface area contributed by atoms with E-state index in [1.165, 1.54) is 12.8 Å². The van der Waals surface area contributed by atoms with Crippen molar-refractivity contribution in [3.63, 3.8) is 0 Å². The molecule has 0 fully saturated rings. The van der Waals surface area contributed by atoms with E-state index in [0.29, 0.717) is 13.0 Å². The molecule has 0 aliphatic heterocycles. The Labute approximate surface area is 314 Å². The maximum Gasteiger partial charge on any atom is 0.306 e. The standard InChI is InChI=1S/C47H74O4/c1-3-5-7-9-11-13-15-17-19-21-23-25-27-29-31-33-35-37-39-41-43-50-45-46(44-48)51-47(49)42-40-38-36-34-32-30-28-26-24-22-20-18-16-14-12-10-8-6-4-2/h5-8,11-14,17-20,23-26,29-32,46,48H,3-4,9-10,15-16,21-22,27-28,33-45H2,1-2H3/b7-5-,8-6-,13-11-,14-12-,19-17-,20-18-,25-23-,26-24-,31-29-,32-30-. The second-order valence-corrected chi connectivity index (χ2v) is 12.6. The van der Waals surface area contributed by atoms with Crippen LogP contribution in [0.4, 0.5) is 0 Å². The molecular weight excluding hydrogens is 629 g/mol. The van der Waals surface area contributed by atoms with Gasteiger partial charge < -0.3 is 14.6 Å². The van der Waals surface area contributed by atoms with Gasteiger partial charge in [0.2, 0.25) is 0 Å². The van der Waals surface area contributed by atoms with Gasteiger partial charge in [0.25, 0.3) is 0 Å². The molecule has 0 aromatic heterocycles. The minimum Gasteiger partial charge on any atom is -0.457 e. The Morgan fingerprint density at radius 3 is 1.22 bits per heavy atom. The van der Waals surface area contributed by atoms with Gasteiger partial charge >= 0.3 is 5.97 Å². The molecule has 0 aromatic rings. The van der Waals surface area contributed by atoms with Crippen LogP contribution in [0.3, 0.4) is 0 Å². The fourth-order valence-corrected chi connectivity index (χ4v) is 4.85. The Balaban J connectivity index is 3.63. The molecule has 4 heteroatoms. The Kier molecular flexibility index (Phi) is 40.3. The highest BCUT2D eigenvalue weighted by molar-refractivity contribution is 5.69. The number of hydrogen-bond donors (Lipinski definition) is 1. The molecule has 0 aromatic carbocycles. The molecule has 1 unspecified atom stereocenters. The summed E-state index contributed by atoms with van der Waals surface area (Å²) < 4.78 is 11.1. The number of carbonyl (C=O) groups is 1. The van der Waals surface area contributed by atoms with Gasteiger partial charge in [0.1, 0.15) is 6.10 Å². The van der Waals surface area contributed by atoms with E-state index < -0.39 is 6.10 Å². The van der Waals surface area contributed by atoms with Crippen LogP contribution >= 0.6 is 0 Å². The van der Waals surface area contributed by atoms with Crippen molar-refractivity contribution in [1.82, 2.24) is 0 Å². The van der Waals surface area contributed by atoms with Gasteiger partial charge in [0.15, 0.2) is 0 Å². The number of allylic oxidation sites excluding steroid dienone is 20. The van der Waals surface area contributed by atoms with Crippen LogP contribution in [-0.4, -0.2) is 37.0 Å². The van der Waals surface area contributed by atoms with Gasteiger partial charge in [-0.2, -0.15) is 0 Å². The molecule has 0 radical (unpaired) electrons. The quantitative estimate of drug-likeness (QED) is 0.0406. The first-order valence-corrected chi connectivity index (χ1v) is 20.1. The van der Waals surface area contributed by atoms with Crippen LogP contribution in [0, 0.1) is 0 Å². The lowest BCUT2D eigenvalue weighted by Crippen LogP contribution is -2.27. The van der Waals surface area contributed by atoms with E-state index in [4.69, 9.17) is 9.47 Å². The number of hydrogen-bond acceptors (Lipinski definition) is 4. The monoisotopic (exact) mass is 703 g/mol. The second kappa shape index (κ2) is 43.0. The van der Waals surface area contributed by atoms with Gasteiger partial charge in [-0.1, -0.05) is 155 Å². The molecule has 1 atom stereocenters. The summed E-state index contributed by atoms with van der Waals surface area (Å²) in [6.45, 7) is 4.99. The fraction of sp³-hybridized carbons (Fsp3) is 0.553. The lowest BCUT2D eigenvalue weighted by molar-refractivity contribution is -0.154. The topological polar surface area (TPSA) is 55.8 Å². The van der Waals surface area contributed by atoms with Crippen molar-refractivity contribution in [2.75, 3.05) is 19.8 Å². The van der Waals surface area contributed by atoms with Crippen LogP contribution in [0.15, 0.2) is 122 Å². The van der Waals surface area contributed by atoms with Gasteiger partial charge in [-0.05, 0) is 103 Å². The summed E-state index contributed by atoms with van der Waals surface area (Å²) in [5.74, 6) is -0.248. The first-order chi connectivity index (χ1) is 25.2. The molecule has 0 rings (SSSR count). The molecule has 0 saturated carbocycles. The van der Waals surface area contributed by atoms with Crippen LogP contribution in [-0.2, 0) is 14.3 Å². The minimum absolute atomic E-state index is 0.205. The SMILES string of the molecule is CC/C=C\C/C=C\C/C=C\C/C=C\C/C=C\CCCCCCOCC(CO)OC(=O)CCCCC/C=C\C/C=C\C/C=C\C/C=C\C/C=C\CC. The van der Waals surface area contributed by atoms with Gasteiger partial charge in [-0.15, -0.1) is 0 Å². The molecule has 0 aliphatic rings. The number of esters is 1. The van der Waals surface area contributed by atoms with Crippen LogP contribution < -0.4 is 0 Å². The lowest BCUT2D eigenvalue weighted by atomic mass is 10.1. The number of aliphatic hydroxyl groups excluding tert-OH is 1. The lowest BCUT2D eigenvalue weighted by Gasteiger charge is -2.15. The molecule has 0 heterocycles. The molecule has 0 saturated heterocycles. The zero-order valence-electron chi connectivity index (χ0n) is 32.6. The predicted octanol–water partition coefficient (Wildman–Crippen LogP) is 13.3. The maximum absolute atomic E-state index is 12.2. The zero-order valence-corrected chi connectivity index (χ0v) is 32.6. The zero-order chi connectivity index (χ0) is 37.0. The second-order valence-electron chi connectivity index (χ2n) is 12.6. The number of ether oxygens (including phenoxy) is 2. The summed E-state index contributed by atoms with van der Waals surface area (Å²) in [6, 6.07) is 0. The van der Waals surface area contributed by atoms with Crippen LogP contribution in [0.5, 0.6) is 0 Å². The first-order valence-electron chi connectivity index (χ1n) is 20.1. The molecular formula is C47H74O4. The minimum atomic E-state index is -0.575. The van der Waals surface area contributed by atoms with Crippen molar-refractivity contribution in [2.24, 2.45) is 0 Å². The smallest absolute Gasteiger partial charge is 0.306 e. The number of rotatable bonds is 35. The largest absolute Gasteiger partial charge is 0.457 e. The van der Waals surface area contributed by atoms with Crippen molar-refractivity contribution in [3.8, 4) is 0 Å². The van der Waals surface area contributed by atoms with E-state index in [2.05, 4.69) is 135 Å². The number of unbranched alkanes of at least 4 members (excludes halogenated alkanes) is 7. The summed E-state index contributed by atoms with van der Waals surface area (Å²) in [7, 11) is 0. The molecule has 0 bridgehead atoms. The predicted molar refractivity (Wildman–Crippen MR) is 223 cm³/mol. The molecule has 4 nitrogen and oxygen atoms in total. The number of aliphatic hydroxyl groups is 1. The summed E-state index contributed by atoms with van der Waals surface area (Å²) in [6.07, 6.45) is 63.9. The third kappa shape index (κ3) is 41.1. The summed E-state index contributed by atoms with van der Waals surface area (Å²) in [4.78, 5) is 12.2. The highest BCUT2D eigenvalue weighted by atomic mass is 16.6. The molecule has 51 heavy (non-hydrogen) atoms. The summed E-state index contributed by atoms with van der Waals surface area (Å²) in [5.41, 5.74) is 0. The molecule has 0 spiro atoms. The molecule has 0 aliphatic carbocycles. The van der Waals surface area contributed by atoms with E-state index in [-0.39, 0.29) is 19.2 Å². The van der Waals surface area contributed by atoms with Crippen LogP contribution in [0.25, 0.3) is 0 Å². The van der Waals surface area contributed by atoms with Gasteiger partial charge in [-0.25, -0.2) is 0 Å². The highest BCUT2D eigenvalue weighted by Gasteiger charge is 2.13. The Morgan fingerprint density at radius 2 is 0.824 bits per heavy atom. The van der Waals surface area contributed by atoms with Gasteiger partial charge in [0, 0.05) is 13.0 Å². The normalized spacial score (nSPS) is 13.7. The Morgan fingerprint density at radius 1 is 0.471 bits per heavy atom. The van der Waals surface area contributed by atoms with Crippen molar-refractivity contribution in [1.29, 1.82) is 0 Å². The summed E-state index contributed by atoms with van der Waals surface area (Å²) >= 11 is 0. The van der Waals surface area contributed by atoms with E-state index in [0.717, 1.165) is 109 Å². The highest BCUT2D eigenvalue weighted by Crippen LogP contribution is 2.08. The van der Waals surface area contributed by atoms with E-state index in [1.54, 1.807) is 0 Å². The van der Waals surface area contributed by atoms with Gasteiger partial charge in [0.05, 0.1) is 13.2 Å². The molecule has 1 N–H and O–H groups in total. The number of carbonyl (C=O) groups excluding carboxylic acids is 1. The third-order valence-electron chi connectivity index (χ3n) is 7.78. The Hall–Kier alpha value is -3.21. The van der Waals surface area contributed by atoms with Crippen molar-refractivity contribution in [2.45, 2.75) is 148 Å². The van der Waals surface area contributed by atoms with E-state index in [9.17, 15) is 9.90 Å². The van der Waals surface area contributed by atoms with Crippen molar-refractivity contribution < 1.29 is 19.4 Å². The van der Waals surface area contributed by atoms with Crippen molar-refractivity contribution >= 4 is 5.97 Å². The molecule has 0 amide bonds. The summed E-state index contributed by atoms with van der Waals surface area (Å²) in [5, 5.41) is 9.59. The van der Waals surface area contributed by atoms with E-state index >= 15 is 0 Å². The average Bonchev–Trinajstić information content (AvgIpc) is 3.14. The van der Waals surface area contributed by atoms with Gasteiger partial charge in [-0.3, -0.25) is 4.79 Å². The maximum atomic E-state index is 12.2. The first kappa shape index (κ1) is 47.8. The van der Waals surface area contributed by atoms with E-state index in [1.807, 2.05) is 0 Å². The van der Waals surface area contributed by atoms with Crippen LogP contribution in [0.1, 0.15) is 142 Å². The molecule has 286 valence electrons. The third-order valence-corrected chi connectivity index (χ3v) is 7.78.